The molecule has 3 atom stereocenters. The van der Waals surface area contributed by atoms with Gasteiger partial charge in [-0.2, -0.15) is 0 Å². The molecule has 1 aliphatic heterocycles. The predicted molar refractivity (Wildman–Crippen MR) is 73.3 cm³/mol. The number of nitrogens with zero attached hydrogens (tertiary/aromatic N) is 1. The number of aliphatic hydroxyl groups excluding tert-OH is 1. The van der Waals surface area contributed by atoms with E-state index in [-0.39, 0.29) is 12.1 Å². The first-order valence-electron chi connectivity index (χ1n) is 7.48. The number of carbonyl (C=O) groups excluding carboxylic acids is 1. The van der Waals surface area contributed by atoms with Crippen molar-refractivity contribution in [3.05, 3.63) is 0 Å². The Morgan fingerprint density at radius 1 is 1.20 bits per heavy atom. The van der Waals surface area contributed by atoms with Gasteiger partial charge in [0, 0.05) is 12.6 Å². The van der Waals surface area contributed by atoms with Crippen molar-refractivity contribution in [1.82, 2.24) is 10.2 Å². The molecule has 2 amide bonds. The molecule has 1 heterocycles. The van der Waals surface area contributed by atoms with E-state index in [0.717, 1.165) is 25.7 Å². The van der Waals surface area contributed by atoms with Gasteiger partial charge in [-0.3, -0.25) is 0 Å². The number of likely N-dealkylation sites (tertiary alicyclic amines) is 1. The molecule has 0 bridgehead atoms. The molecule has 2 aliphatic rings. The smallest absolute Gasteiger partial charge is 0.328 e. The van der Waals surface area contributed by atoms with Crippen molar-refractivity contribution in [2.75, 3.05) is 6.54 Å². The number of rotatable bonds is 4. The van der Waals surface area contributed by atoms with Gasteiger partial charge in [0.05, 0.1) is 6.10 Å². The second-order valence-corrected chi connectivity index (χ2v) is 5.95. The highest BCUT2D eigenvalue weighted by molar-refractivity contribution is 5.83. The molecule has 0 aromatic heterocycles. The normalized spacial score (nSPS) is 26.5. The van der Waals surface area contributed by atoms with E-state index in [2.05, 4.69) is 5.32 Å². The van der Waals surface area contributed by atoms with Gasteiger partial charge in [0.1, 0.15) is 0 Å². The summed E-state index contributed by atoms with van der Waals surface area (Å²) in [6.07, 6.45) is 5.64. The van der Waals surface area contributed by atoms with Crippen LogP contribution in [0.4, 0.5) is 4.79 Å². The highest BCUT2D eigenvalue weighted by atomic mass is 16.4. The molecule has 0 aromatic carbocycles. The summed E-state index contributed by atoms with van der Waals surface area (Å²) in [7, 11) is 0. The number of hydrogen-bond acceptors (Lipinski definition) is 3. The average molecular weight is 284 g/mol. The summed E-state index contributed by atoms with van der Waals surface area (Å²) in [6, 6.07) is -1.36. The molecule has 3 N–H and O–H groups in total. The molecule has 1 unspecified atom stereocenters. The first-order chi connectivity index (χ1) is 9.50. The standard InChI is InChI=1S/C14H24N2O4/c1-9(17)12(13(18)19)15-14(20)16-8-4-7-11(16)10-5-2-3-6-10/h9-12,17H,2-8H2,1H3,(H,15,20)(H,18,19)/t9-,11?,12+/m1/s1. The quantitative estimate of drug-likeness (QED) is 0.723. The van der Waals surface area contributed by atoms with Gasteiger partial charge >= 0.3 is 12.0 Å². The third kappa shape index (κ3) is 3.23. The van der Waals surface area contributed by atoms with E-state index in [1.807, 2.05) is 0 Å². The van der Waals surface area contributed by atoms with Crippen molar-refractivity contribution in [3.63, 3.8) is 0 Å². The van der Waals surface area contributed by atoms with Crippen molar-refractivity contribution in [2.24, 2.45) is 5.92 Å². The summed E-state index contributed by atoms with van der Waals surface area (Å²) in [5.41, 5.74) is 0. The van der Waals surface area contributed by atoms with E-state index in [1.165, 1.54) is 19.8 Å². The fraction of sp³-hybridized carbons (Fsp3) is 0.857. The van der Waals surface area contributed by atoms with Gasteiger partial charge in [-0.1, -0.05) is 12.8 Å². The number of carboxylic acid groups (broad SMARTS) is 1. The van der Waals surface area contributed by atoms with Crippen LogP contribution in [0.1, 0.15) is 45.4 Å². The molecule has 1 saturated heterocycles. The van der Waals surface area contributed by atoms with Crippen LogP contribution < -0.4 is 5.32 Å². The van der Waals surface area contributed by atoms with Crippen LogP contribution in [0.15, 0.2) is 0 Å². The van der Waals surface area contributed by atoms with Crippen LogP contribution in [0.3, 0.4) is 0 Å². The van der Waals surface area contributed by atoms with Crippen molar-refractivity contribution >= 4 is 12.0 Å². The molecule has 2 fully saturated rings. The number of urea groups is 1. The summed E-state index contributed by atoms with van der Waals surface area (Å²) in [5.74, 6) is -0.650. The Bertz CT molecular complexity index is 366. The molecule has 0 aromatic rings. The molecular weight excluding hydrogens is 260 g/mol. The molecular formula is C14H24N2O4. The van der Waals surface area contributed by atoms with E-state index in [0.29, 0.717) is 12.5 Å². The topological polar surface area (TPSA) is 89.9 Å². The van der Waals surface area contributed by atoms with Gasteiger partial charge in [0.25, 0.3) is 0 Å². The van der Waals surface area contributed by atoms with Gasteiger partial charge < -0.3 is 20.4 Å². The summed E-state index contributed by atoms with van der Waals surface area (Å²) in [5, 5.41) is 20.9. The number of amides is 2. The van der Waals surface area contributed by atoms with Crippen molar-refractivity contribution in [1.29, 1.82) is 0 Å². The van der Waals surface area contributed by atoms with E-state index >= 15 is 0 Å². The van der Waals surface area contributed by atoms with Crippen LogP contribution in [-0.2, 0) is 4.79 Å². The third-order valence-electron chi connectivity index (χ3n) is 4.53. The predicted octanol–water partition coefficient (Wildman–Crippen LogP) is 1.18. The van der Waals surface area contributed by atoms with E-state index in [4.69, 9.17) is 5.11 Å². The molecule has 114 valence electrons. The maximum absolute atomic E-state index is 12.3. The highest BCUT2D eigenvalue weighted by Crippen LogP contribution is 2.35. The summed E-state index contributed by atoms with van der Waals surface area (Å²) in [4.78, 5) is 25.1. The van der Waals surface area contributed by atoms with E-state index in [9.17, 15) is 14.7 Å². The summed E-state index contributed by atoms with van der Waals surface area (Å²) >= 11 is 0. The van der Waals surface area contributed by atoms with Gasteiger partial charge in [-0.15, -0.1) is 0 Å². The van der Waals surface area contributed by atoms with Gasteiger partial charge in [0.2, 0.25) is 0 Å². The lowest BCUT2D eigenvalue weighted by Crippen LogP contribution is -2.54. The number of carboxylic acids is 1. The zero-order valence-corrected chi connectivity index (χ0v) is 11.9. The van der Waals surface area contributed by atoms with Gasteiger partial charge in [-0.05, 0) is 38.5 Å². The minimum absolute atomic E-state index is 0.237. The molecule has 2 rings (SSSR count). The monoisotopic (exact) mass is 284 g/mol. The average Bonchev–Trinajstić information content (AvgIpc) is 3.03. The molecule has 0 spiro atoms. The van der Waals surface area contributed by atoms with Crippen LogP contribution in [0.25, 0.3) is 0 Å². The van der Waals surface area contributed by atoms with Crippen molar-refractivity contribution in [3.8, 4) is 0 Å². The Hall–Kier alpha value is -1.30. The van der Waals surface area contributed by atoms with Crippen LogP contribution in [0, 0.1) is 5.92 Å². The fourth-order valence-electron chi connectivity index (χ4n) is 3.48. The van der Waals surface area contributed by atoms with Gasteiger partial charge in [-0.25, -0.2) is 9.59 Å². The molecule has 6 heteroatoms. The number of nitrogens with one attached hydrogen (secondary N) is 1. The van der Waals surface area contributed by atoms with E-state index in [1.54, 1.807) is 4.90 Å². The molecule has 6 nitrogen and oxygen atoms in total. The summed E-state index contributed by atoms with van der Waals surface area (Å²) in [6.45, 7) is 2.05. The molecule has 0 radical (unpaired) electrons. The number of hydrogen-bond donors (Lipinski definition) is 3. The number of aliphatic carboxylic acids is 1. The number of aliphatic hydroxyl groups is 1. The Labute approximate surface area is 119 Å². The third-order valence-corrected chi connectivity index (χ3v) is 4.53. The maximum Gasteiger partial charge on any atom is 0.328 e. The van der Waals surface area contributed by atoms with Crippen molar-refractivity contribution in [2.45, 2.75) is 63.6 Å². The van der Waals surface area contributed by atoms with Crippen LogP contribution >= 0.6 is 0 Å². The lowest BCUT2D eigenvalue weighted by Gasteiger charge is -2.31. The lowest BCUT2D eigenvalue weighted by molar-refractivity contribution is -0.141. The maximum atomic E-state index is 12.3. The largest absolute Gasteiger partial charge is 0.480 e. The second kappa shape index (κ2) is 6.43. The SMILES string of the molecule is C[C@@H](O)[C@H](NC(=O)N1CCCC1C1CCCC1)C(=O)O. The minimum atomic E-state index is -1.24. The first-order valence-corrected chi connectivity index (χ1v) is 7.48. The number of carbonyl (C=O) groups is 2. The Kier molecular flexibility index (Phi) is 4.86. The van der Waals surface area contributed by atoms with Crippen LogP contribution in [0.5, 0.6) is 0 Å². The summed E-state index contributed by atoms with van der Waals surface area (Å²) < 4.78 is 0. The Balaban J connectivity index is 1.98. The molecule has 1 saturated carbocycles. The minimum Gasteiger partial charge on any atom is -0.480 e. The Morgan fingerprint density at radius 2 is 1.85 bits per heavy atom. The fourth-order valence-corrected chi connectivity index (χ4v) is 3.48. The van der Waals surface area contributed by atoms with E-state index < -0.39 is 18.1 Å². The second-order valence-electron chi connectivity index (χ2n) is 5.95. The van der Waals surface area contributed by atoms with Crippen LogP contribution in [-0.4, -0.2) is 51.8 Å². The lowest BCUT2D eigenvalue weighted by atomic mass is 9.96. The Morgan fingerprint density at radius 3 is 2.40 bits per heavy atom. The zero-order chi connectivity index (χ0) is 14.7. The molecule has 1 aliphatic carbocycles. The van der Waals surface area contributed by atoms with Crippen molar-refractivity contribution < 1.29 is 19.8 Å². The first kappa shape index (κ1) is 15.1. The van der Waals surface area contributed by atoms with Gasteiger partial charge in [0.15, 0.2) is 6.04 Å². The zero-order valence-electron chi connectivity index (χ0n) is 11.9. The van der Waals surface area contributed by atoms with Crippen LogP contribution in [0.2, 0.25) is 0 Å². The highest BCUT2D eigenvalue weighted by Gasteiger charge is 2.37. The molecule has 20 heavy (non-hydrogen) atoms.